The summed E-state index contributed by atoms with van der Waals surface area (Å²) in [6.07, 6.45) is 5.29. The molecule has 0 unspecified atom stereocenters. The summed E-state index contributed by atoms with van der Waals surface area (Å²) in [6.45, 7) is 4.69. The van der Waals surface area contributed by atoms with Crippen LogP contribution in [0.3, 0.4) is 0 Å². The number of carbonyl (C=O) groups is 2. The van der Waals surface area contributed by atoms with E-state index in [0.717, 1.165) is 51.7 Å². The number of nitrogens with one attached hydrogen (secondary N) is 1. The van der Waals surface area contributed by atoms with Crippen LogP contribution in [0, 0.1) is 0 Å². The van der Waals surface area contributed by atoms with Gasteiger partial charge in [-0.2, -0.15) is 0 Å². The van der Waals surface area contributed by atoms with Gasteiger partial charge in [0.25, 0.3) is 0 Å². The molecule has 0 bridgehead atoms. The molecule has 1 saturated carbocycles. The lowest BCUT2D eigenvalue weighted by molar-refractivity contribution is -0.135. The first kappa shape index (κ1) is 18.3. The van der Waals surface area contributed by atoms with Crippen LogP contribution < -0.4 is 5.32 Å². The van der Waals surface area contributed by atoms with Gasteiger partial charge in [0.1, 0.15) is 6.54 Å². The first-order valence-electron chi connectivity index (χ1n) is 10.3. The van der Waals surface area contributed by atoms with Crippen molar-refractivity contribution in [3.05, 3.63) is 35.9 Å². The molecular weight excluding hydrogens is 340 g/mol. The van der Waals surface area contributed by atoms with Gasteiger partial charge in [-0.25, -0.2) is 4.79 Å². The molecule has 27 heavy (non-hydrogen) atoms. The summed E-state index contributed by atoms with van der Waals surface area (Å²) in [6, 6.07) is 11.2. The van der Waals surface area contributed by atoms with Crippen molar-refractivity contribution in [2.45, 2.75) is 44.2 Å². The topological polar surface area (TPSA) is 55.9 Å². The maximum atomic E-state index is 12.5. The fourth-order valence-corrected chi connectivity index (χ4v) is 4.13. The van der Waals surface area contributed by atoms with Crippen LogP contribution in [0.2, 0.25) is 0 Å². The van der Waals surface area contributed by atoms with Crippen molar-refractivity contribution >= 4 is 11.9 Å². The quantitative estimate of drug-likeness (QED) is 0.859. The molecule has 6 heteroatoms. The fraction of sp³-hybridized carbons (Fsp3) is 0.619. The molecule has 2 aliphatic heterocycles. The SMILES string of the molecule is O=C(NC1CCN(CCc2ccccc2)CC1)N1CCN(C2CC2)C(=O)C1. The Balaban J connectivity index is 1.17. The van der Waals surface area contributed by atoms with Gasteiger partial charge in [-0.05, 0) is 37.7 Å². The van der Waals surface area contributed by atoms with Gasteiger partial charge in [0.05, 0.1) is 0 Å². The van der Waals surface area contributed by atoms with Gasteiger partial charge in [0.15, 0.2) is 0 Å². The molecule has 1 N–H and O–H groups in total. The minimum atomic E-state index is -0.0680. The molecule has 4 rings (SSSR count). The first-order chi connectivity index (χ1) is 13.2. The fourth-order valence-electron chi connectivity index (χ4n) is 4.13. The van der Waals surface area contributed by atoms with Crippen LogP contribution >= 0.6 is 0 Å². The van der Waals surface area contributed by atoms with Crippen molar-refractivity contribution in [3.63, 3.8) is 0 Å². The van der Waals surface area contributed by atoms with E-state index >= 15 is 0 Å². The molecule has 0 atom stereocenters. The van der Waals surface area contributed by atoms with Crippen molar-refractivity contribution in [2.75, 3.05) is 39.3 Å². The Hall–Kier alpha value is -2.08. The molecule has 3 amide bonds. The Morgan fingerprint density at radius 2 is 1.74 bits per heavy atom. The average Bonchev–Trinajstić information content (AvgIpc) is 3.53. The summed E-state index contributed by atoms with van der Waals surface area (Å²) < 4.78 is 0. The molecule has 2 heterocycles. The number of carbonyl (C=O) groups excluding carboxylic acids is 2. The zero-order valence-electron chi connectivity index (χ0n) is 16.0. The van der Waals surface area contributed by atoms with E-state index < -0.39 is 0 Å². The smallest absolute Gasteiger partial charge is 0.318 e. The molecular formula is C21H30N4O2. The maximum absolute atomic E-state index is 12.5. The van der Waals surface area contributed by atoms with Crippen LogP contribution in [0.1, 0.15) is 31.2 Å². The highest BCUT2D eigenvalue weighted by Crippen LogP contribution is 2.28. The average molecular weight is 370 g/mol. The Morgan fingerprint density at radius 1 is 1.00 bits per heavy atom. The number of amides is 3. The molecule has 0 spiro atoms. The number of rotatable bonds is 5. The van der Waals surface area contributed by atoms with E-state index in [1.54, 1.807) is 4.90 Å². The van der Waals surface area contributed by atoms with Crippen molar-refractivity contribution < 1.29 is 9.59 Å². The number of nitrogens with zero attached hydrogens (tertiary/aromatic N) is 3. The van der Waals surface area contributed by atoms with E-state index in [-0.39, 0.29) is 24.5 Å². The largest absolute Gasteiger partial charge is 0.336 e. The lowest BCUT2D eigenvalue weighted by Gasteiger charge is -2.37. The Kier molecular flexibility index (Phi) is 5.62. The minimum absolute atomic E-state index is 0.0680. The number of piperidine rings is 1. The Bertz CT molecular complexity index is 653. The van der Waals surface area contributed by atoms with Crippen molar-refractivity contribution in [1.82, 2.24) is 20.0 Å². The van der Waals surface area contributed by atoms with Crippen LogP contribution in [0.4, 0.5) is 4.79 Å². The second-order valence-electron chi connectivity index (χ2n) is 8.04. The number of hydrogen-bond acceptors (Lipinski definition) is 3. The standard InChI is InChI=1S/C21H30N4O2/c26-20-16-24(14-15-25(20)19-6-7-19)21(27)22-18-9-12-23(13-10-18)11-8-17-4-2-1-3-5-17/h1-5,18-19H,6-16H2,(H,22,27). The molecule has 3 aliphatic rings. The van der Waals surface area contributed by atoms with Crippen LogP contribution in [-0.4, -0.2) is 78.0 Å². The molecule has 0 aromatic heterocycles. The van der Waals surface area contributed by atoms with E-state index in [1.807, 2.05) is 4.90 Å². The van der Waals surface area contributed by atoms with Gasteiger partial charge in [-0.15, -0.1) is 0 Å². The monoisotopic (exact) mass is 370 g/mol. The number of benzene rings is 1. The van der Waals surface area contributed by atoms with Crippen LogP contribution in [-0.2, 0) is 11.2 Å². The first-order valence-corrected chi connectivity index (χ1v) is 10.3. The molecule has 3 fully saturated rings. The summed E-state index contributed by atoms with van der Waals surface area (Å²) in [4.78, 5) is 30.9. The Labute approximate surface area is 161 Å². The highest BCUT2D eigenvalue weighted by atomic mass is 16.2. The molecule has 0 radical (unpaired) electrons. The van der Waals surface area contributed by atoms with Crippen molar-refractivity contribution in [2.24, 2.45) is 0 Å². The number of likely N-dealkylation sites (tertiary alicyclic amines) is 1. The lowest BCUT2D eigenvalue weighted by atomic mass is 10.0. The van der Waals surface area contributed by atoms with Crippen LogP contribution in [0.25, 0.3) is 0 Å². The molecule has 6 nitrogen and oxygen atoms in total. The lowest BCUT2D eigenvalue weighted by Crippen LogP contribution is -2.57. The predicted octanol–water partition coefficient (Wildman–Crippen LogP) is 1.71. The molecule has 1 aromatic carbocycles. The summed E-state index contributed by atoms with van der Waals surface area (Å²) in [5.74, 6) is 0.106. The van der Waals surface area contributed by atoms with E-state index in [2.05, 4.69) is 40.5 Å². The number of urea groups is 1. The zero-order chi connectivity index (χ0) is 18.6. The minimum Gasteiger partial charge on any atom is -0.336 e. The summed E-state index contributed by atoms with van der Waals surface area (Å²) in [5, 5.41) is 3.15. The normalized spacial score (nSPS) is 22.1. The highest BCUT2D eigenvalue weighted by Gasteiger charge is 2.37. The molecule has 146 valence electrons. The molecule has 2 saturated heterocycles. The second-order valence-corrected chi connectivity index (χ2v) is 8.04. The number of piperazine rings is 1. The van der Waals surface area contributed by atoms with E-state index in [4.69, 9.17) is 0 Å². The van der Waals surface area contributed by atoms with Gasteiger partial charge in [0.2, 0.25) is 5.91 Å². The van der Waals surface area contributed by atoms with Gasteiger partial charge < -0.3 is 20.0 Å². The van der Waals surface area contributed by atoms with Crippen LogP contribution in [0.15, 0.2) is 30.3 Å². The molecule has 1 aliphatic carbocycles. The van der Waals surface area contributed by atoms with Gasteiger partial charge in [-0.3, -0.25) is 4.79 Å². The van der Waals surface area contributed by atoms with Crippen molar-refractivity contribution in [1.29, 1.82) is 0 Å². The van der Waals surface area contributed by atoms with E-state index in [9.17, 15) is 9.59 Å². The van der Waals surface area contributed by atoms with E-state index in [0.29, 0.717) is 19.1 Å². The maximum Gasteiger partial charge on any atom is 0.318 e. The summed E-state index contributed by atoms with van der Waals surface area (Å²) in [5.41, 5.74) is 1.38. The van der Waals surface area contributed by atoms with Crippen LogP contribution in [0.5, 0.6) is 0 Å². The van der Waals surface area contributed by atoms with Crippen molar-refractivity contribution in [3.8, 4) is 0 Å². The number of hydrogen-bond donors (Lipinski definition) is 1. The molecule has 1 aromatic rings. The second kappa shape index (κ2) is 8.30. The third-order valence-corrected chi connectivity index (χ3v) is 6.01. The highest BCUT2D eigenvalue weighted by molar-refractivity contribution is 5.85. The Morgan fingerprint density at radius 3 is 2.41 bits per heavy atom. The summed E-state index contributed by atoms with van der Waals surface area (Å²) >= 11 is 0. The third-order valence-electron chi connectivity index (χ3n) is 6.01. The zero-order valence-corrected chi connectivity index (χ0v) is 16.0. The predicted molar refractivity (Wildman–Crippen MR) is 104 cm³/mol. The van der Waals surface area contributed by atoms with Gasteiger partial charge in [0, 0.05) is 44.8 Å². The van der Waals surface area contributed by atoms with Gasteiger partial charge >= 0.3 is 6.03 Å². The van der Waals surface area contributed by atoms with E-state index in [1.165, 1.54) is 5.56 Å². The van der Waals surface area contributed by atoms with Gasteiger partial charge in [-0.1, -0.05) is 30.3 Å². The third kappa shape index (κ3) is 4.80. The summed E-state index contributed by atoms with van der Waals surface area (Å²) in [7, 11) is 0.